The molecule has 0 aromatic rings. The van der Waals surface area contributed by atoms with Crippen LogP contribution in [0.25, 0.3) is 0 Å². The van der Waals surface area contributed by atoms with E-state index in [1.54, 1.807) is 6.08 Å². The summed E-state index contributed by atoms with van der Waals surface area (Å²) in [7, 11) is 5.50. The standard InChI is InChI=1S/C4H4Cl.ClH.Hg/c1-2-3-4-5;;/h1-4H;1H;/q;;+1/p-1. The summed E-state index contributed by atoms with van der Waals surface area (Å²) in [6.07, 6.45) is 3.66. The predicted molar refractivity (Wildman–Crippen MR) is 30.0 cm³/mol. The molecule has 0 aliphatic rings. The molecule has 7 heavy (non-hydrogen) atoms. The molecule has 0 amide bonds. The van der Waals surface area contributed by atoms with Gasteiger partial charge in [0.2, 0.25) is 0 Å². The van der Waals surface area contributed by atoms with Gasteiger partial charge in [-0.25, -0.2) is 0 Å². The van der Waals surface area contributed by atoms with E-state index in [1.807, 2.05) is 9.66 Å². The summed E-state index contributed by atoms with van der Waals surface area (Å²) in [4.78, 5) is 0. The SMILES string of the molecule is ClC=CC=[CH][Hg][Cl]. The first kappa shape index (κ1) is 8.00. The number of allylic oxidation sites excluding steroid dienone is 2. The second-order valence-corrected chi connectivity index (χ2v) is 6.89. The Morgan fingerprint density at radius 1 is 1.29 bits per heavy atom. The average Bonchev–Trinajstić information content (AvgIpc) is 1.69. The van der Waals surface area contributed by atoms with Crippen molar-refractivity contribution in [1.29, 1.82) is 0 Å². The number of rotatable bonds is 2. The molecule has 0 aliphatic carbocycles. The van der Waals surface area contributed by atoms with Crippen LogP contribution < -0.4 is 0 Å². The molecule has 0 heterocycles. The van der Waals surface area contributed by atoms with E-state index in [-0.39, 0.29) is 0 Å². The van der Waals surface area contributed by atoms with E-state index in [2.05, 4.69) is 0 Å². The van der Waals surface area contributed by atoms with Gasteiger partial charge in [-0.05, 0) is 0 Å². The zero-order chi connectivity index (χ0) is 5.54. The molecule has 0 nitrogen and oxygen atoms in total. The van der Waals surface area contributed by atoms with Gasteiger partial charge in [0.1, 0.15) is 0 Å². The molecule has 3 heteroatoms. The van der Waals surface area contributed by atoms with E-state index < -0.39 is 23.3 Å². The first-order valence-corrected chi connectivity index (χ1v) is 12.3. The molecule has 0 spiro atoms. The van der Waals surface area contributed by atoms with Crippen LogP contribution >= 0.6 is 19.9 Å². The van der Waals surface area contributed by atoms with E-state index in [9.17, 15) is 0 Å². The van der Waals surface area contributed by atoms with Crippen LogP contribution in [0, 0.1) is 0 Å². The van der Waals surface area contributed by atoms with E-state index in [0.29, 0.717) is 0 Å². The molecular formula is C4H4Cl2Hg. The van der Waals surface area contributed by atoms with Crippen molar-refractivity contribution in [3.63, 3.8) is 0 Å². The first-order valence-electron chi connectivity index (χ1n) is 1.89. The summed E-state index contributed by atoms with van der Waals surface area (Å²) < 4.78 is 2.03. The molecule has 0 aromatic carbocycles. The Bertz CT molecular complexity index is 77.8. The van der Waals surface area contributed by atoms with Gasteiger partial charge < -0.3 is 0 Å². The van der Waals surface area contributed by atoms with Gasteiger partial charge in [0.15, 0.2) is 0 Å². The van der Waals surface area contributed by atoms with Crippen LogP contribution in [-0.4, -0.2) is 0 Å². The van der Waals surface area contributed by atoms with E-state index in [1.165, 1.54) is 5.54 Å². The molecule has 0 aromatic heterocycles. The minimum absolute atomic E-state index is 1.01. The number of hydrogen-bond donors (Lipinski definition) is 0. The third kappa shape index (κ3) is 7.00. The van der Waals surface area contributed by atoms with Gasteiger partial charge in [0, 0.05) is 0 Å². The van der Waals surface area contributed by atoms with Crippen LogP contribution in [0.2, 0.25) is 0 Å². The van der Waals surface area contributed by atoms with Crippen LogP contribution in [0.4, 0.5) is 0 Å². The predicted octanol–water partition coefficient (Wildman–Crippen LogP) is 2.49. The Labute approximate surface area is 64.1 Å². The molecule has 0 bridgehead atoms. The van der Waals surface area contributed by atoms with Crippen molar-refractivity contribution in [2.45, 2.75) is 0 Å². The molecule has 0 fully saturated rings. The third-order valence-corrected chi connectivity index (χ3v) is 3.87. The second-order valence-electron chi connectivity index (χ2n) is 0.901. The Hall–Kier alpha value is 0.995. The number of hydrogen-bond acceptors (Lipinski definition) is 0. The molecule has 0 saturated heterocycles. The maximum absolute atomic E-state index is 5.50. The van der Waals surface area contributed by atoms with Crippen molar-refractivity contribution in [3.8, 4) is 0 Å². The quantitative estimate of drug-likeness (QED) is 0.541. The Balaban J connectivity index is 3.09. The summed E-state index contributed by atoms with van der Waals surface area (Å²) in [6, 6.07) is 0. The fraction of sp³-hybridized carbons (Fsp3) is 0. The summed E-state index contributed by atoms with van der Waals surface area (Å²) in [5, 5.41) is 0. The van der Waals surface area contributed by atoms with E-state index in [4.69, 9.17) is 19.9 Å². The van der Waals surface area contributed by atoms with Crippen molar-refractivity contribution in [3.05, 3.63) is 21.3 Å². The zero-order valence-corrected chi connectivity index (χ0v) is 10.8. The summed E-state index contributed by atoms with van der Waals surface area (Å²) in [5.74, 6) is 0. The van der Waals surface area contributed by atoms with Gasteiger partial charge in [0.25, 0.3) is 0 Å². The molecule has 0 aliphatic heterocycles. The average molecular weight is 324 g/mol. The number of halogens is 2. The molecule has 0 radical (unpaired) electrons. The van der Waals surface area contributed by atoms with Gasteiger partial charge in [-0.1, -0.05) is 0 Å². The van der Waals surface area contributed by atoms with Crippen molar-refractivity contribution < 1.29 is 23.3 Å². The Morgan fingerprint density at radius 3 is 2.43 bits per heavy atom. The molecule has 36 valence electrons. The summed E-state index contributed by atoms with van der Waals surface area (Å²) >= 11 is 4.18. The molecular weight excluding hydrogens is 320 g/mol. The van der Waals surface area contributed by atoms with Gasteiger partial charge in [-0.3, -0.25) is 0 Å². The summed E-state index contributed by atoms with van der Waals surface area (Å²) in [5.41, 5.74) is 1.47. The van der Waals surface area contributed by atoms with Crippen molar-refractivity contribution in [1.82, 2.24) is 0 Å². The Kier molecular flexibility index (Phi) is 7.99. The van der Waals surface area contributed by atoms with Crippen molar-refractivity contribution >= 4 is 19.9 Å². The van der Waals surface area contributed by atoms with Crippen LogP contribution in [0.15, 0.2) is 21.3 Å². The van der Waals surface area contributed by atoms with Crippen LogP contribution in [0.3, 0.4) is 0 Å². The normalized spacial score (nSPS) is 10.6. The van der Waals surface area contributed by atoms with Crippen LogP contribution in [0.1, 0.15) is 0 Å². The van der Waals surface area contributed by atoms with Gasteiger partial charge in [-0.2, -0.15) is 0 Å². The molecule has 0 saturated carbocycles. The first-order chi connectivity index (χ1) is 3.41. The van der Waals surface area contributed by atoms with E-state index in [0.717, 1.165) is 0 Å². The fourth-order valence-electron chi connectivity index (χ4n) is 0.172. The topological polar surface area (TPSA) is 0 Å². The van der Waals surface area contributed by atoms with Crippen molar-refractivity contribution in [2.75, 3.05) is 0 Å². The monoisotopic (exact) mass is 324 g/mol. The fourth-order valence-corrected chi connectivity index (χ4v) is 2.17. The Morgan fingerprint density at radius 2 is 2.00 bits per heavy atom. The van der Waals surface area contributed by atoms with Crippen LogP contribution in [0.5, 0.6) is 0 Å². The van der Waals surface area contributed by atoms with Gasteiger partial charge in [0.05, 0.1) is 0 Å². The second kappa shape index (κ2) is 7.00. The van der Waals surface area contributed by atoms with E-state index >= 15 is 0 Å². The minimum atomic E-state index is -1.01. The van der Waals surface area contributed by atoms with Crippen molar-refractivity contribution in [2.24, 2.45) is 0 Å². The summed E-state index contributed by atoms with van der Waals surface area (Å²) in [6.45, 7) is 0. The zero-order valence-electron chi connectivity index (χ0n) is 3.77. The van der Waals surface area contributed by atoms with Crippen LogP contribution in [-0.2, 0) is 23.3 Å². The molecule has 0 atom stereocenters. The molecule has 0 rings (SSSR count). The molecule has 0 unspecified atom stereocenters. The third-order valence-electron chi connectivity index (χ3n) is 0.409. The van der Waals surface area contributed by atoms with Gasteiger partial charge >= 0.3 is 64.5 Å². The molecule has 0 N–H and O–H groups in total. The van der Waals surface area contributed by atoms with Gasteiger partial charge in [-0.15, -0.1) is 0 Å². The maximum atomic E-state index is 5.50.